The van der Waals surface area contributed by atoms with Gasteiger partial charge in [0.05, 0.1) is 11.5 Å². The molecule has 0 spiro atoms. The lowest BCUT2D eigenvalue weighted by molar-refractivity contribution is -0.385. The molecule has 0 bridgehead atoms. The summed E-state index contributed by atoms with van der Waals surface area (Å²) in [6, 6.07) is 3.99. The van der Waals surface area contributed by atoms with Crippen LogP contribution in [0.25, 0.3) is 0 Å². The molecule has 0 heterocycles. The molecule has 7 heteroatoms. The highest BCUT2D eigenvalue weighted by Crippen LogP contribution is 2.28. The summed E-state index contributed by atoms with van der Waals surface area (Å²) < 4.78 is 5.27. The first kappa shape index (κ1) is 13.9. The first-order chi connectivity index (χ1) is 8.60. The monoisotopic (exact) mass is 253 g/mol. The Bertz CT molecular complexity index is 448. The molecular formula is C11H15N3O4. The van der Waals surface area contributed by atoms with Crippen molar-refractivity contribution < 1.29 is 14.5 Å². The zero-order valence-corrected chi connectivity index (χ0v) is 10.0. The van der Waals surface area contributed by atoms with Crippen molar-refractivity contribution in [1.29, 1.82) is 0 Å². The average Bonchev–Trinajstić information content (AvgIpc) is 2.37. The molecule has 1 amide bonds. The summed E-state index contributed by atoms with van der Waals surface area (Å²) in [5, 5.41) is 13.2. The van der Waals surface area contributed by atoms with Gasteiger partial charge in [-0.2, -0.15) is 0 Å². The fourth-order valence-electron chi connectivity index (χ4n) is 1.33. The molecule has 1 aromatic carbocycles. The molecule has 0 saturated carbocycles. The van der Waals surface area contributed by atoms with E-state index in [1.165, 1.54) is 25.2 Å². The van der Waals surface area contributed by atoms with E-state index < -0.39 is 4.92 Å². The molecule has 0 atom stereocenters. The summed E-state index contributed by atoms with van der Waals surface area (Å²) in [7, 11) is 1.48. The van der Waals surface area contributed by atoms with Crippen molar-refractivity contribution in [2.45, 2.75) is 6.42 Å². The van der Waals surface area contributed by atoms with Gasteiger partial charge in [0.1, 0.15) is 0 Å². The molecule has 1 aromatic rings. The Morgan fingerprint density at radius 1 is 1.56 bits per heavy atom. The van der Waals surface area contributed by atoms with E-state index in [2.05, 4.69) is 5.32 Å². The number of ether oxygens (including phenoxy) is 1. The van der Waals surface area contributed by atoms with E-state index in [9.17, 15) is 14.9 Å². The lowest BCUT2D eigenvalue weighted by Crippen LogP contribution is -2.18. The molecule has 0 unspecified atom stereocenters. The predicted octanol–water partition coefficient (Wildman–Crippen LogP) is 0.682. The highest BCUT2D eigenvalue weighted by Gasteiger charge is 2.17. The second-order valence-corrected chi connectivity index (χ2v) is 3.51. The summed E-state index contributed by atoms with van der Waals surface area (Å²) in [5.74, 6) is -0.247. The first-order valence-corrected chi connectivity index (χ1v) is 5.43. The van der Waals surface area contributed by atoms with E-state index in [0.717, 1.165) is 0 Å². The van der Waals surface area contributed by atoms with Gasteiger partial charge >= 0.3 is 5.69 Å². The topological polar surface area (TPSA) is 107 Å². The molecule has 0 radical (unpaired) electrons. The van der Waals surface area contributed by atoms with Crippen LogP contribution in [-0.4, -0.2) is 31.0 Å². The maximum Gasteiger partial charge on any atom is 0.310 e. The number of carbonyl (C=O) groups is 1. The van der Waals surface area contributed by atoms with Crippen LogP contribution < -0.4 is 15.8 Å². The Kier molecular flexibility index (Phi) is 5.06. The third-order valence-corrected chi connectivity index (χ3v) is 2.25. The molecule has 7 nitrogen and oxygen atoms in total. The molecule has 0 fully saturated rings. The van der Waals surface area contributed by atoms with Gasteiger partial charge in [0.15, 0.2) is 5.75 Å². The van der Waals surface area contributed by atoms with Crippen molar-refractivity contribution in [2.24, 2.45) is 5.73 Å². The third kappa shape index (κ3) is 3.42. The SMILES string of the molecule is CNC(=O)c1ccc([N+](=O)[O-])c(OCCCN)c1. The van der Waals surface area contributed by atoms with Crippen LogP contribution in [0.5, 0.6) is 5.75 Å². The number of amides is 1. The van der Waals surface area contributed by atoms with Gasteiger partial charge in [-0.15, -0.1) is 0 Å². The normalized spacial score (nSPS) is 9.89. The number of rotatable bonds is 6. The van der Waals surface area contributed by atoms with E-state index in [1.807, 2.05) is 0 Å². The second kappa shape index (κ2) is 6.55. The minimum atomic E-state index is -0.550. The summed E-state index contributed by atoms with van der Waals surface area (Å²) in [6.45, 7) is 0.706. The Morgan fingerprint density at radius 2 is 2.28 bits per heavy atom. The lowest BCUT2D eigenvalue weighted by Gasteiger charge is -2.07. The molecule has 0 aliphatic carbocycles. The smallest absolute Gasteiger partial charge is 0.310 e. The Balaban J connectivity index is 2.99. The highest BCUT2D eigenvalue weighted by atomic mass is 16.6. The number of nitro groups is 1. The predicted molar refractivity (Wildman–Crippen MR) is 65.7 cm³/mol. The minimum absolute atomic E-state index is 0.0783. The Morgan fingerprint density at radius 3 is 2.83 bits per heavy atom. The lowest BCUT2D eigenvalue weighted by atomic mass is 10.2. The number of benzene rings is 1. The number of nitrogens with one attached hydrogen (secondary N) is 1. The summed E-state index contributed by atoms with van der Waals surface area (Å²) in [6.07, 6.45) is 0.585. The maximum absolute atomic E-state index is 11.4. The summed E-state index contributed by atoms with van der Waals surface area (Å²) in [4.78, 5) is 21.7. The van der Waals surface area contributed by atoms with Crippen molar-refractivity contribution in [3.05, 3.63) is 33.9 Å². The van der Waals surface area contributed by atoms with E-state index in [4.69, 9.17) is 10.5 Å². The van der Waals surface area contributed by atoms with Gasteiger partial charge in [0.2, 0.25) is 0 Å². The van der Waals surface area contributed by atoms with Crippen LogP contribution in [0.1, 0.15) is 16.8 Å². The van der Waals surface area contributed by atoms with Gasteiger partial charge in [0.25, 0.3) is 5.91 Å². The summed E-state index contributed by atoms with van der Waals surface area (Å²) >= 11 is 0. The van der Waals surface area contributed by atoms with Crippen LogP contribution in [0.15, 0.2) is 18.2 Å². The first-order valence-electron chi connectivity index (χ1n) is 5.43. The molecule has 0 saturated heterocycles. The fourth-order valence-corrected chi connectivity index (χ4v) is 1.33. The van der Waals surface area contributed by atoms with Crippen LogP contribution in [-0.2, 0) is 0 Å². The molecule has 0 aliphatic rings. The van der Waals surface area contributed by atoms with Crippen molar-refractivity contribution >= 4 is 11.6 Å². The van der Waals surface area contributed by atoms with Crippen LogP contribution in [0.2, 0.25) is 0 Å². The van der Waals surface area contributed by atoms with Gasteiger partial charge < -0.3 is 15.8 Å². The van der Waals surface area contributed by atoms with Crippen molar-refractivity contribution in [3.63, 3.8) is 0 Å². The van der Waals surface area contributed by atoms with Crippen LogP contribution in [0.4, 0.5) is 5.69 Å². The van der Waals surface area contributed by atoms with Gasteiger partial charge in [-0.1, -0.05) is 0 Å². The van der Waals surface area contributed by atoms with Crippen molar-refractivity contribution in [1.82, 2.24) is 5.32 Å². The molecule has 18 heavy (non-hydrogen) atoms. The number of nitrogens with zero attached hydrogens (tertiary/aromatic N) is 1. The van der Waals surface area contributed by atoms with Gasteiger partial charge in [-0.05, 0) is 19.0 Å². The van der Waals surface area contributed by atoms with Crippen molar-refractivity contribution in [2.75, 3.05) is 20.2 Å². The molecule has 0 aromatic heterocycles. The number of nitro benzene ring substituents is 1. The molecular weight excluding hydrogens is 238 g/mol. The zero-order valence-electron chi connectivity index (χ0n) is 10.0. The summed E-state index contributed by atoms with van der Waals surface area (Å²) in [5.41, 5.74) is 5.46. The standard InChI is InChI=1S/C11H15N3O4/c1-13-11(15)8-3-4-9(14(16)17)10(7-8)18-6-2-5-12/h3-4,7H,2,5-6,12H2,1H3,(H,13,15). The molecule has 0 aliphatic heterocycles. The van der Waals surface area contributed by atoms with Crippen molar-refractivity contribution in [3.8, 4) is 5.75 Å². The second-order valence-electron chi connectivity index (χ2n) is 3.51. The fraction of sp³-hybridized carbons (Fsp3) is 0.364. The number of hydrogen-bond acceptors (Lipinski definition) is 5. The number of carbonyl (C=O) groups excluding carboxylic acids is 1. The number of nitrogens with two attached hydrogens (primary N) is 1. The minimum Gasteiger partial charge on any atom is -0.487 e. The number of hydrogen-bond donors (Lipinski definition) is 2. The Labute approximate surface area is 104 Å². The van der Waals surface area contributed by atoms with Crippen LogP contribution in [0, 0.1) is 10.1 Å². The Hall–Kier alpha value is -2.15. The van der Waals surface area contributed by atoms with Gasteiger partial charge in [-0.3, -0.25) is 14.9 Å². The van der Waals surface area contributed by atoms with Gasteiger partial charge in [0, 0.05) is 24.7 Å². The largest absolute Gasteiger partial charge is 0.487 e. The van der Waals surface area contributed by atoms with E-state index >= 15 is 0 Å². The average molecular weight is 253 g/mol. The van der Waals surface area contributed by atoms with E-state index in [0.29, 0.717) is 18.5 Å². The van der Waals surface area contributed by atoms with Crippen LogP contribution in [0.3, 0.4) is 0 Å². The van der Waals surface area contributed by atoms with Crippen LogP contribution >= 0.6 is 0 Å². The van der Waals surface area contributed by atoms with E-state index in [-0.39, 0.29) is 24.0 Å². The highest BCUT2D eigenvalue weighted by molar-refractivity contribution is 5.94. The molecule has 98 valence electrons. The zero-order chi connectivity index (χ0) is 13.5. The van der Waals surface area contributed by atoms with E-state index in [1.54, 1.807) is 0 Å². The molecule has 3 N–H and O–H groups in total. The maximum atomic E-state index is 11.4. The van der Waals surface area contributed by atoms with Gasteiger partial charge in [-0.25, -0.2) is 0 Å². The molecule has 1 rings (SSSR count). The third-order valence-electron chi connectivity index (χ3n) is 2.25. The quantitative estimate of drug-likeness (QED) is 0.440.